The summed E-state index contributed by atoms with van der Waals surface area (Å²) >= 11 is 0. The third kappa shape index (κ3) is 5.47. The van der Waals surface area contributed by atoms with Gasteiger partial charge in [0.2, 0.25) is 0 Å². The number of hydrogen-bond acceptors (Lipinski definition) is 3. The number of nitrogens with one attached hydrogen (secondary N) is 1. The van der Waals surface area contributed by atoms with Crippen molar-refractivity contribution < 1.29 is 14.0 Å². The molecule has 0 spiro atoms. The van der Waals surface area contributed by atoms with Crippen molar-refractivity contribution in [1.29, 1.82) is 0 Å². The van der Waals surface area contributed by atoms with E-state index in [4.69, 9.17) is 0 Å². The minimum Gasteiger partial charge on any atom is -0.362 e. The monoisotopic (exact) mass is 473 g/mol. The van der Waals surface area contributed by atoms with E-state index in [2.05, 4.69) is 5.32 Å². The number of hydrogen-bond donors (Lipinski definition) is 1. The maximum Gasteiger partial charge on any atom is 0.191 e. The van der Waals surface area contributed by atoms with Gasteiger partial charge in [0.1, 0.15) is 5.82 Å². The van der Waals surface area contributed by atoms with E-state index in [0.717, 1.165) is 48.2 Å². The van der Waals surface area contributed by atoms with Gasteiger partial charge in [0, 0.05) is 40.4 Å². The van der Waals surface area contributed by atoms with Crippen LogP contribution < -0.4 is 5.32 Å². The van der Waals surface area contributed by atoms with Gasteiger partial charge in [-0.3, -0.25) is 9.59 Å². The maximum atomic E-state index is 14.2. The Hall–Kier alpha value is -3.01. The molecular formula is C31H36FNO2. The van der Waals surface area contributed by atoms with E-state index in [9.17, 15) is 14.0 Å². The number of Topliss-reactive ketones (excluding diaryl/α,β-unsaturated/α-hetero) is 2. The summed E-state index contributed by atoms with van der Waals surface area (Å²) in [6.45, 7) is 10.1. The SMILES string of the molecule is CC1=C(C(=O)CC(C)(C)C)C(c2ccc(F)cc2)C(C(=O)c2ccc(C)cc2)=C(C2CCCC2)N1. The van der Waals surface area contributed by atoms with Crippen molar-refractivity contribution in [3.05, 3.63) is 93.6 Å². The molecular weight excluding hydrogens is 437 g/mol. The predicted molar refractivity (Wildman–Crippen MR) is 139 cm³/mol. The Balaban J connectivity index is 1.93. The summed E-state index contributed by atoms with van der Waals surface area (Å²) in [5.74, 6) is -0.663. The minimum atomic E-state index is -0.531. The summed E-state index contributed by atoms with van der Waals surface area (Å²) in [6.07, 6.45) is 4.65. The molecule has 1 heterocycles. The number of rotatable bonds is 6. The van der Waals surface area contributed by atoms with Crippen LogP contribution in [0.2, 0.25) is 0 Å². The minimum absolute atomic E-state index is 0.0245. The Bertz CT molecular complexity index is 1170. The fraction of sp³-hybridized carbons (Fsp3) is 0.419. The third-order valence-electron chi connectivity index (χ3n) is 7.11. The molecule has 4 heteroatoms. The molecule has 4 rings (SSSR count). The normalized spacial score (nSPS) is 19.2. The third-order valence-corrected chi connectivity index (χ3v) is 7.11. The molecule has 1 aliphatic heterocycles. The largest absolute Gasteiger partial charge is 0.362 e. The van der Waals surface area contributed by atoms with Gasteiger partial charge in [-0.1, -0.05) is 75.6 Å². The first kappa shape index (κ1) is 25.1. The highest BCUT2D eigenvalue weighted by atomic mass is 19.1. The fourth-order valence-corrected chi connectivity index (χ4v) is 5.44. The van der Waals surface area contributed by atoms with Crippen LogP contribution in [0.25, 0.3) is 0 Å². The summed E-state index contributed by atoms with van der Waals surface area (Å²) < 4.78 is 13.9. The van der Waals surface area contributed by atoms with Crippen molar-refractivity contribution in [3.63, 3.8) is 0 Å². The van der Waals surface area contributed by atoms with Crippen LogP contribution in [0.5, 0.6) is 0 Å². The van der Waals surface area contributed by atoms with Crippen molar-refractivity contribution in [1.82, 2.24) is 5.32 Å². The molecule has 0 bridgehead atoms. The Morgan fingerprint density at radius 2 is 1.51 bits per heavy atom. The van der Waals surface area contributed by atoms with Gasteiger partial charge in [0.25, 0.3) is 0 Å². The zero-order valence-electron chi connectivity index (χ0n) is 21.5. The first-order chi connectivity index (χ1) is 16.5. The van der Waals surface area contributed by atoms with E-state index in [1.807, 2.05) is 58.9 Å². The van der Waals surface area contributed by atoms with Crippen LogP contribution in [0.3, 0.4) is 0 Å². The first-order valence-electron chi connectivity index (χ1n) is 12.7. The van der Waals surface area contributed by atoms with Crippen molar-refractivity contribution in [2.24, 2.45) is 11.3 Å². The smallest absolute Gasteiger partial charge is 0.191 e. The molecule has 2 aliphatic rings. The fourth-order valence-electron chi connectivity index (χ4n) is 5.44. The number of halogens is 1. The first-order valence-corrected chi connectivity index (χ1v) is 12.7. The number of carbonyl (C=O) groups is 2. The molecule has 0 saturated heterocycles. The zero-order valence-corrected chi connectivity index (χ0v) is 21.5. The van der Waals surface area contributed by atoms with E-state index in [0.29, 0.717) is 23.1 Å². The molecule has 1 aliphatic carbocycles. The highest BCUT2D eigenvalue weighted by molar-refractivity contribution is 6.13. The molecule has 2 aromatic rings. The molecule has 1 N–H and O–H groups in total. The molecule has 184 valence electrons. The Kier molecular flexibility index (Phi) is 7.12. The Morgan fingerprint density at radius 1 is 0.914 bits per heavy atom. The zero-order chi connectivity index (χ0) is 25.3. The molecule has 0 radical (unpaired) electrons. The Labute approximate surface area is 208 Å². The lowest BCUT2D eigenvalue weighted by Gasteiger charge is -2.35. The van der Waals surface area contributed by atoms with E-state index < -0.39 is 5.92 Å². The number of dihydropyridines is 1. The van der Waals surface area contributed by atoms with Gasteiger partial charge in [-0.25, -0.2) is 4.39 Å². The van der Waals surface area contributed by atoms with Gasteiger partial charge < -0.3 is 5.32 Å². The molecule has 1 saturated carbocycles. The van der Waals surface area contributed by atoms with Gasteiger partial charge >= 0.3 is 0 Å². The van der Waals surface area contributed by atoms with E-state index in [1.54, 1.807) is 12.1 Å². The molecule has 1 fully saturated rings. The second-order valence-corrected chi connectivity index (χ2v) is 11.3. The lowest BCUT2D eigenvalue weighted by Crippen LogP contribution is -2.35. The molecule has 3 nitrogen and oxygen atoms in total. The number of carbonyl (C=O) groups excluding carboxylic acids is 2. The predicted octanol–water partition coefficient (Wildman–Crippen LogP) is 7.43. The number of aryl methyl sites for hydroxylation is 1. The summed E-state index contributed by atoms with van der Waals surface area (Å²) in [5, 5.41) is 3.54. The van der Waals surface area contributed by atoms with Crippen molar-refractivity contribution >= 4 is 11.6 Å². The summed E-state index contributed by atoms with van der Waals surface area (Å²) in [4.78, 5) is 27.9. The van der Waals surface area contributed by atoms with E-state index in [1.165, 1.54) is 12.1 Å². The van der Waals surface area contributed by atoms with Crippen LogP contribution in [0, 0.1) is 24.1 Å². The lowest BCUT2D eigenvalue weighted by molar-refractivity contribution is -0.117. The van der Waals surface area contributed by atoms with Crippen molar-refractivity contribution in [2.75, 3.05) is 0 Å². The quantitative estimate of drug-likeness (QED) is 0.444. The van der Waals surface area contributed by atoms with E-state index >= 15 is 0 Å². The van der Waals surface area contributed by atoms with Crippen LogP contribution in [-0.4, -0.2) is 11.6 Å². The topological polar surface area (TPSA) is 46.2 Å². The Morgan fingerprint density at radius 3 is 2.09 bits per heavy atom. The lowest BCUT2D eigenvalue weighted by atomic mass is 9.72. The van der Waals surface area contributed by atoms with Crippen LogP contribution in [0.1, 0.15) is 87.2 Å². The number of benzene rings is 2. The van der Waals surface area contributed by atoms with Crippen LogP contribution in [0.4, 0.5) is 4.39 Å². The summed E-state index contributed by atoms with van der Waals surface area (Å²) in [5.41, 5.74) is 5.25. The molecule has 2 aromatic carbocycles. The van der Waals surface area contributed by atoms with Crippen molar-refractivity contribution in [3.8, 4) is 0 Å². The highest BCUT2D eigenvalue weighted by Gasteiger charge is 2.40. The standard InChI is InChI=1S/C31H36FNO2/c1-19-10-12-23(13-11-19)30(35)28-27(21-14-16-24(32)17-15-21)26(25(34)18-31(3,4)5)20(2)33-29(28)22-8-6-7-9-22/h10-17,22,27,33H,6-9,18H2,1-5H3. The van der Waals surface area contributed by atoms with Gasteiger partial charge in [0.15, 0.2) is 11.6 Å². The second-order valence-electron chi connectivity index (χ2n) is 11.3. The van der Waals surface area contributed by atoms with Crippen LogP contribution in [0.15, 0.2) is 71.1 Å². The highest BCUT2D eigenvalue weighted by Crippen LogP contribution is 2.45. The molecule has 1 unspecified atom stereocenters. The molecule has 35 heavy (non-hydrogen) atoms. The molecule has 0 aromatic heterocycles. The van der Waals surface area contributed by atoms with Crippen LogP contribution in [-0.2, 0) is 4.79 Å². The van der Waals surface area contributed by atoms with Gasteiger partial charge in [-0.15, -0.1) is 0 Å². The summed E-state index contributed by atoms with van der Waals surface area (Å²) in [7, 11) is 0. The van der Waals surface area contributed by atoms with E-state index in [-0.39, 0.29) is 28.7 Å². The summed E-state index contributed by atoms with van der Waals surface area (Å²) in [6, 6.07) is 13.9. The van der Waals surface area contributed by atoms with Crippen LogP contribution >= 0.6 is 0 Å². The average Bonchev–Trinajstić information content (AvgIpc) is 3.32. The average molecular weight is 474 g/mol. The number of allylic oxidation sites excluding steroid dienone is 4. The van der Waals surface area contributed by atoms with Gasteiger partial charge in [-0.05, 0) is 55.7 Å². The second kappa shape index (κ2) is 9.93. The molecule has 1 atom stereocenters. The van der Waals surface area contributed by atoms with Crippen molar-refractivity contribution in [2.45, 2.75) is 72.6 Å². The van der Waals surface area contributed by atoms with Gasteiger partial charge in [-0.2, -0.15) is 0 Å². The molecule has 0 amide bonds. The maximum absolute atomic E-state index is 14.2. The van der Waals surface area contributed by atoms with Gasteiger partial charge in [0.05, 0.1) is 0 Å². The number of ketones is 2.